The van der Waals surface area contributed by atoms with E-state index in [2.05, 4.69) is 26.4 Å². The van der Waals surface area contributed by atoms with Gasteiger partial charge >= 0.3 is 0 Å². The second kappa shape index (κ2) is 5.79. The van der Waals surface area contributed by atoms with E-state index in [1.165, 1.54) is 0 Å². The van der Waals surface area contributed by atoms with Crippen molar-refractivity contribution in [1.82, 2.24) is 5.32 Å². The Bertz CT molecular complexity index is 532. The van der Waals surface area contributed by atoms with Crippen LogP contribution in [-0.4, -0.2) is 23.0 Å². The molecule has 0 aliphatic heterocycles. The minimum absolute atomic E-state index is 0.0222. The van der Waals surface area contributed by atoms with Crippen LogP contribution >= 0.6 is 27.5 Å². The lowest BCUT2D eigenvalue weighted by molar-refractivity contribution is 0.0942. The van der Waals surface area contributed by atoms with Crippen LogP contribution in [0.15, 0.2) is 27.8 Å². The van der Waals surface area contributed by atoms with E-state index in [-0.39, 0.29) is 17.7 Å². The number of carbonyl (C=O) groups excluding carboxylic acids is 1. The van der Waals surface area contributed by atoms with Crippen LogP contribution in [0.3, 0.4) is 0 Å². The Morgan fingerprint density at radius 3 is 2.84 bits per heavy atom. The molecule has 5 nitrogen and oxygen atoms in total. The van der Waals surface area contributed by atoms with Crippen LogP contribution in [-0.2, 0) is 0 Å². The summed E-state index contributed by atoms with van der Waals surface area (Å²) in [5.74, 6) is -0.0512. The zero-order chi connectivity index (χ0) is 14.0. The fourth-order valence-corrected chi connectivity index (χ4v) is 2.41. The van der Waals surface area contributed by atoms with Crippen molar-refractivity contribution in [1.29, 1.82) is 0 Å². The van der Waals surface area contributed by atoms with Crippen molar-refractivity contribution in [2.75, 3.05) is 0 Å². The molecule has 7 heteroatoms. The van der Waals surface area contributed by atoms with Gasteiger partial charge in [0, 0.05) is 9.50 Å². The summed E-state index contributed by atoms with van der Waals surface area (Å²) >= 11 is 9.17. The lowest BCUT2D eigenvalue weighted by Crippen LogP contribution is -2.46. The maximum Gasteiger partial charge on any atom is 0.253 e. The third-order valence-electron chi connectivity index (χ3n) is 2.99. The van der Waals surface area contributed by atoms with Crippen molar-refractivity contribution in [2.24, 2.45) is 16.8 Å². The van der Waals surface area contributed by atoms with E-state index in [1.54, 1.807) is 18.2 Å². The van der Waals surface area contributed by atoms with Gasteiger partial charge in [-0.25, -0.2) is 0 Å². The van der Waals surface area contributed by atoms with E-state index in [0.29, 0.717) is 15.1 Å². The lowest BCUT2D eigenvalue weighted by Gasteiger charge is -2.17. The average molecular weight is 347 g/mol. The third-order valence-corrected chi connectivity index (χ3v) is 3.91. The number of nitrogens with zero attached hydrogens (tertiary/aromatic N) is 1. The van der Waals surface area contributed by atoms with Crippen molar-refractivity contribution in [3.05, 3.63) is 33.3 Å². The predicted octanol–water partition coefficient (Wildman–Crippen LogP) is 2.36. The van der Waals surface area contributed by atoms with E-state index >= 15 is 0 Å². The highest BCUT2D eigenvalue weighted by atomic mass is 79.9. The van der Waals surface area contributed by atoms with Crippen molar-refractivity contribution in [3.63, 3.8) is 0 Å². The van der Waals surface area contributed by atoms with Gasteiger partial charge in [-0.05, 0) is 52.9 Å². The lowest BCUT2D eigenvalue weighted by atomic mass is 10.1. The largest absolute Gasteiger partial charge is 0.409 e. The molecule has 0 aromatic heterocycles. The number of nitrogens with two attached hydrogens (primary N) is 1. The van der Waals surface area contributed by atoms with Crippen LogP contribution in [0.5, 0.6) is 0 Å². The maximum absolute atomic E-state index is 12.2. The molecule has 0 saturated heterocycles. The van der Waals surface area contributed by atoms with E-state index in [0.717, 1.165) is 12.8 Å². The number of rotatable bonds is 4. The molecule has 1 aromatic carbocycles. The first-order valence-corrected chi connectivity index (χ1v) is 6.93. The minimum atomic E-state index is -0.441. The number of oxime groups is 1. The standard InChI is InChI=1S/C12H13BrClN3O2/c13-9-4-3-7(14)5-8(9)12(18)16-10(6-1-2-6)11(15)17-19/h3-6,10,19H,1-2H2,(H2,15,17)(H,16,18). The summed E-state index contributed by atoms with van der Waals surface area (Å²) in [6.45, 7) is 0. The minimum Gasteiger partial charge on any atom is -0.409 e. The zero-order valence-corrected chi connectivity index (χ0v) is 12.3. The molecule has 0 heterocycles. The van der Waals surface area contributed by atoms with Crippen LogP contribution in [0.25, 0.3) is 0 Å². The van der Waals surface area contributed by atoms with Crippen molar-refractivity contribution in [3.8, 4) is 0 Å². The number of amidine groups is 1. The number of halogens is 2. The summed E-state index contributed by atoms with van der Waals surface area (Å²) in [7, 11) is 0. The molecule has 1 amide bonds. The zero-order valence-electron chi connectivity index (χ0n) is 9.94. The average Bonchev–Trinajstić information content (AvgIpc) is 3.22. The van der Waals surface area contributed by atoms with Gasteiger partial charge in [0.15, 0.2) is 5.84 Å². The normalized spacial score (nSPS) is 17.1. The van der Waals surface area contributed by atoms with Crippen LogP contribution < -0.4 is 11.1 Å². The van der Waals surface area contributed by atoms with Crippen molar-refractivity contribution < 1.29 is 10.0 Å². The van der Waals surface area contributed by atoms with Gasteiger partial charge in [-0.2, -0.15) is 0 Å². The third kappa shape index (κ3) is 3.39. The molecule has 19 heavy (non-hydrogen) atoms. The molecule has 0 bridgehead atoms. The summed E-state index contributed by atoms with van der Waals surface area (Å²) in [5, 5.41) is 15.0. The Kier molecular flexibility index (Phi) is 4.31. The number of benzene rings is 1. The van der Waals surface area contributed by atoms with Crippen LogP contribution in [0.2, 0.25) is 5.02 Å². The SMILES string of the molecule is N/C(=N/O)C(NC(=O)c1cc(Cl)ccc1Br)C1CC1. The molecule has 1 aliphatic rings. The highest BCUT2D eigenvalue weighted by Gasteiger charge is 2.35. The van der Waals surface area contributed by atoms with Gasteiger partial charge in [-0.1, -0.05) is 16.8 Å². The summed E-state index contributed by atoms with van der Waals surface area (Å²) in [6, 6.07) is 4.51. The number of carbonyl (C=O) groups is 1. The summed E-state index contributed by atoms with van der Waals surface area (Å²) in [5.41, 5.74) is 6.02. The molecule has 0 spiro atoms. The van der Waals surface area contributed by atoms with Gasteiger partial charge < -0.3 is 16.3 Å². The number of hydrogen-bond acceptors (Lipinski definition) is 3. The fraction of sp³-hybridized carbons (Fsp3) is 0.333. The van der Waals surface area contributed by atoms with Crippen molar-refractivity contribution >= 4 is 39.3 Å². The van der Waals surface area contributed by atoms with Gasteiger partial charge in [0.2, 0.25) is 0 Å². The van der Waals surface area contributed by atoms with Crippen molar-refractivity contribution in [2.45, 2.75) is 18.9 Å². The molecule has 1 saturated carbocycles. The number of hydrogen-bond donors (Lipinski definition) is 3. The first-order chi connectivity index (χ1) is 9.02. The smallest absolute Gasteiger partial charge is 0.253 e. The Balaban J connectivity index is 2.17. The van der Waals surface area contributed by atoms with E-state index in [1.807, 2.05) is 0 Å². The van der Waals surface area contributed by atoms with Gasteiger partial charge in [0.1, 0.15) is 0 Å². The second-order valence-electron chi connectivity index (χ2n) is 4.44. The Morgan fingerprint density at radius 2 is 2.26 bits per heavy atom. The van der Waals surface area contributed by atoms with Crippen LogP contribution in [0.4, 0.5) is 0 Å². The van der Waals surface area contributed by atoms with Crippen LogP contribution in [0, 0.1) is 5.92 Å². The molecule has 102 valence electrons. The Hall–Kier alpha value is -1.27. The molecule has 0 radical (unpaired) electrons. The highest BCUT2D eigenvalue weighted by molar-refractivity contribution is 9.10. The Labute approximate surface area is 123 Å². The Morgan fingerprint density at radius 1 is 1.58 bits per heavy atom. The second-order valence-corrected chi connectivity index (χ2v) is 5.73. The first-order valence-electron chi connectivity index (χ1n) is 5.76. The van der Waals surface area contributed by atoms with Crippen LogP contribution in [0.1, 0.15) is 23.2 Å². The molecule has 1 atom stereocenters. The number of nitrogens with one attached hydrogen (secondary N) is 1. The summed E-state index contributed by atoms with van der Waals surface area (Å²) in [6.07, 6.45) is 1.91. The molecular weight excluding hydrogens is 334 g/mol. The van der Waals surface area contributed by atoms with Gasteiger partial charge in [0.05, 0.1) is 11.6 Å². The maximum atomic E-state index is 12.2. The number of amides is 1. The molecule has 2 rings (SSSR count). The quantitative estimate of drug-likeness (QED) is 0.338. The fourth-order valence-electron chi connectivity index (χ4n) is 1.82. The van der Waals surface area contributed by atoms with E-state index in [4.69, 9.17) is 22.5 Å². The van der Waals surface area contributed by atoms with Gasteiger partial charge in [0.25, 0.3) is 5.91 Å². The summed E-state index contributed by atoms with van der Waals surface area (Å²) < 4.78 is 0.642. The topological polar surface area (TPSA) is 87.7 Å². The molecule has 1 aliphatic carbocycles. The first kappa shape index (κ1) is 14.1. The molecule has 1 unspecified atom stereocenters. The molecule has 1 fully saturated rings. The molecule has 1 aromatic rings. The van der Waals surface area contributed by atoms with Gasteiger partial charge in [-0.3, -0.25) is 4.79 Å². The molecular formula is C12H13BrClN3O2. The van der Waals surface area contributed by atoms with E-state index in [9.17, 15) is 4.79 Å². The predicted molar refractivity (Wildman–Crippen MR) is 76.5 cm³/mol. The molecule has 4 N–H and O–H groups in total. The monoisotopic (exact) mass is 345 g/mol. The highest BCUT2D eigenvalue weighted by Crippen LogP contribution is 2.33. The van der Waals surface area contributed by atoms with E-state index < -0.39 is 6.04 Å². The van der Waals surface area contributed by atoms with Gasteiger partial charge in [-0.15, -0.1) is 0 Å². The summed E-state index contributed by atoms with van der Waals surface area (Å²) in [4.78, 5) is 12.2.